The van der Waals surface area contributed by atoms with Crippen molar-refractivity contribution in [2.75, 3.05) is 0 Å². The minimum absolute atomic E-state index is 0. The van der Waals surface area contributed by atoms with Crippen LogP contribution >= 0.6 is 0 Å². The maximum atomic E-state index is 10.0. The molecule has 1 radical (unpaired) electrons. The van der Waals surface area contributed by atoms with Crippen LogP contribution in [-0.4, -0.2) is 15.9 Å². The number of ketones is 1. The van der Waals surface area contributed by atoms with Crippen LogP contribution in [0.1, 0.15) is 19.4 Å². The average Bonchev–Trinajstić information content (AvgIpc) is 2.62. The van der Waals surface area contributed by atoms with Gasteiger partial charge in [0.05, 0.1) is 5.76 Å². The van der Waals surface area contributed by atoms with Gasteiger partial charge in [-0.2, -0.15) is 0 Å². The van der Waals surface area contributed by atoms with E-state index in [1.807, 2.05) is 24.4 Å². The Morgan fingerprint density at radius 3 is 2.30 bits per heavy atom. The first kappa shape index (κ1) is 22.5. The van der Waals surface area contributed by atoms with E-state index in [9.17, 15) is 4.79 Å². The quantitative estimate of drug-likeness (QED) is 0.271. The van der Waals surface area contributed by atoms with Gasteiger partial charge >= 0.3 is 0 Å². The van der Waals surface area contributed by atoms with E-state index in [0.29, 0.717) is 0 Å². The van der Waals surface area contributed by atoms with Crippen molar-refractivity contribution in [3.8, 4) is 22.4 Å². The first-order valence-corrected chi connectivity index (χ1v) is 8.34. The molecule has 1 heterocycles. The van der Waals surface area contributed by atoms with Crippen LogP contribution < -0.4 is 0 Å². The van der Waals surface area contributed by atoms with Crippen molar-refractivity contribution in [3.63, 3.8) is 0 Å². The molecule has 1 aromatic heterocycles. The molecule has 1 N–H and O–H groups in total. The van der Waals surface area contributed by atoms with Gasteiger partial charge in [0.2, 0.25) is 0 Å². The van der Waals surface area contributed by atoms with E-state index >= 15 is 0 Å². The van der Waals surface area contributed by atoms with Gasteiger partial charge in [-0.15, -0.1) is 35.4 Å². The number of rotatable bonds is 3. The molecule has 0 aliphatic carbocycles. The van der Waals surface area contributed by atoms with Gasteiger partial charge in [-0.05, 0) is 38.1 Å². The number of pyridine rings is 1. The fourth-order valence-corrected chi connectivity index (χ4v) is 2.48. The summed E-state index contributed by atoms with van der Waals surface area (Å²) in [5.74, 6) is -0.0625. The molecule has 0 aliphatic rings. The molecule has 0 spiro atoms. The van der Waals surface area contributed by atoms with Gasteiger partial charge in [-0.1, -0.05) is 42.0 Å². The Morgan fingerprint density at radius 2 is 1.74 bits per heavy atom. The molecule has 0 bridgehead atoms. The van der Waals surface area contributed by atoms with Crippen LogP contribution in [0.15, 0.2) is 78.7 Å². The molecule has 0 saturated carbocycles. The first-order chi connectivity index (χ1) is 12.5. The third-order valence-electron chi connectivity index (χ3n) is 3.59. The second kappa shape index (κ2) is 11.2. The van der Waals surface area contributed by atoms with E-state index < -0.39 is 0 Å². The molecule has 3 rings (SSSR count). The van der Waals surface area contributed by atoms with Crippen molar-refractivity contribution in [1.82, 2.24) is 4.98 Å². The Kier molecular flexibility index (Phi) is 9.35. The van der Waals surface area contributed by atoms with Crippen molar-refractivity contribution in [2.24, 2.45) is 0 Å². The van der Waals surface area contributed by atoms with Gasteiger partial charge in [-0.3, -0.25) is 4.79 Å². The first-order valence-electron chi connectivity index (χ1n) is 8.34. The van der Waals surface area contributed by atoms with Gasteiger partial charge in [0.25, 0.3) is 0 Å². The van der Waals surface area contributed by atoms with Crippen molar-refractivity contribution < 1.29 is 30.0 Å². The van der Waals surface area contributed by atoms with E-state index in [-0.39, 0.29) is 31.6 Å². The zero-order chi connectivity index (χ0) is 18.9. The summed E-state index contributed by atoms with van der Waals surface area (Å²) in [6.07, 6.45) is 2.99. The Labute approximate surface area is 174 Å². The zero-order valence-electron chi connectivity index (χ0n) is 15.6. The molecule has 4 heteroatoms. The smallest absolute Gasteiger partial charge is 0.155 e. The summed E-state index contributed by atoms with van der Waals surface area (Å²) in [7, 11) is 0. The number of aliphatic hydroxyl groups excluding tert-OH is 1. The minimum Gasteiger partial charge on any atom is -0.512 e. The second-order valence-corrected chi connectivity index (χ2v) is 5.92. The van der Waals surface area contributed by atoms with Gasteiger partial charge in [0, 0.05) is 32.4 Å². The molecule has 3 aromatic rings. The Bertz CT molecular complexity index is 901. The van der Waals surface area contributed by atoms with Crippen LogP contribution in [0, 0.1) is 13.0 Å². The molecule has 141 valence electrons. The summed E-state index contributed by atoms with van der Waals surface area (Å²) in [4.78, 5) is 14.5. The average molecular weight is 537 g/mol. The summed E-state index contributed by atoms with van der Waals surface area (Å²) in [6, 6.07) is 23.9. The Morgan fingerprint density at radius 1 is 1.04 bits per heavy atom. The molecule has 0 saturated heterocycles. The monoisotopic (exact) mass is 537 g/mol. The molecular weight excluding hydrogens is 514 g/mol. The number of aryl methyl sites for hydroxylation is 1. The van der Waals surface area contributed by atoms with Crippen molar-refractivity contribution in [3.05, 3.63) is 90.3 Å². The van der Waals surface area contributed by atoms with Crippen LogP contribution in [0.5, 0.6) is 0 Å². The molecule has 0 amide bonds. The van der Waals surface area contributed by atoms with Crippen LogP contribution in [0.3, 0.4) is 0 Å². The van der Waals surface area contributed by atoms with Gasteiger partial charge < -0.3 is 10.1 Å². The number of carbonyl (C=O) groups excluding carboxylic acids is 1. The predicted molar refractivity (Wildman–Crippen MR) is 106 cm³/mol. The maximum absolute atomic E-state index is 10.0. The van der Waals surface area contributed by atoms with Gasteiger partial charge in [0.1, 0.15) is 0 Å². The molecular formula is C23H22IrNO2-. The van der Waals surface area contributed by atoms with Gasteiger partial charge in [-0.25, -0.2) is 0 Å². The van der Waals surface area contributed by atoms with E-state index in [1.165, 1.54) is 36.6 Å². The number of allylic oxidation sites excluding steroid dienone is 2. The Hall–Kier alpha value is -2.55. The molecule has 2 aromatic carbocycles. The third kappa shape index (κ3) is 7.30. The molecule has 0 unspecified atom stereocenters. The van der Waals surface area contributed by atoms with Crippen LogP contribution in [0.4, 0.5) is 0 Å². The molecule has 3 nitrogen and oxygen atoms in total. The van der Waals surface area contributed by atoms with Gasteiger partial charge in [0.15, 0.2) is 5.78 Å². The number of aromatic nitrogens is 1. The van der Waals surface area contributed by atoms with E-state index in [1.54, 1.807) is 0 Å². The SMILES string of the molecule is CC(=O)C=C(C)O.Cc1cccnc1-c1[c-]ccc(-c2ccccc2)c1.[Ir]. The fourth-order valence-electron chi connectivity index (χ4n) is 2.48. The van der Waals surface area contributed by atoms with Crippen molar-refractivity contribution in [1.29, 1.82) is 0 Å². The van der Waals surface area contributed by atoms with Crippen molar-refractivity contribution >= 4 is 5.78 Å². The molecule has 0 aliphatic heterocycles. The molecule has 27 heavy (non-hydrogen) atoms. The Balaban J connectivity index is 0.000000395. The largest absolute Gasteiger partial charge is 0.512 e. The molecule has 0 atom stereocenters. The fraction of sp³-hybridized carbons (Fsp3) is 0.130. The number of nitrogens with zero attached hydrogens (tertiary/aromatic N) is 1. The van der Waals surface area contributed by atoms with Crippen LogP contribution in [0.2, 0.25) is 0 Å². The van der Waals surface area contributed by atoms with Crippen molar-refractivity contribution in [2.45, 2.75) is 20.8 Å². The zero-order valence-corrected chi connectivity index (χ0v) is 18.0. The van der Waals surface area contributed by atoms with E-state index in [4.69, 9.17) is 5.11 Å². The second-order valence-electron chi connectivity index (χ2n) is 5.92. The predicted octanol–water partition coefficient (Wildman–Crippen LogP) is 5.56. The number of benzene rings is 2. The number of hydrogen-bond acceptors (Lipinski definition) is 3. The number of carbonyl (C=O) groups is 1. The third-order valence-corrected chi connectivity index (χ3v) is 3.59. The van der Waals surface area contributed by atoms with Crippen LogP contribution in [0.25, 0.3) is 22.4 Å². The topological polar surface area (TPSA) is 50.2 Å². The summed E-state index contributed by atoms with van der Waals surface area (Å²) in [6.45, 7) is 4.92. The van der Waals surface area contributed by atoms with E-state index in [2.05, 4.69) is 60.4 Å². The molecule has 0 fully saturated rings. The summed E-state index contributed by atoms with van der Waals surface area (Å²) >= 11 is 0. The number of aliphatic hydroxyl groups is 1. The normalized spacial score (nSPS) is 10.3. The standard InChI is InChI=1S/C18H14N.C5H8O2.Ir/c1-14-7-6-12-19-18(14)17-11-5-10-16(13-17)15-8-3-2-4-9-15;1-4(6)3-5(2)7;/h2-10,12-13H,1H3;3,6H,1-2H3;/q-1;;. The summed E-state index contributed by atoms with van der Waals surface area (Å²) < 4.78 is 0. The maximum Gasteiger partial charge on any atom is 0.155 e. The summed E-state index contributed by atoms with van der Waals surface area (Å²) in [5, 5.41) is 8.36. The number of hydrogen-bond donors (Lipinski definition) is 1. The summed E-state index contributed by atoms with van der Waals surface area (Å²) in [5.41, 5.74) is 5.62. The minimum atomic E-state index is -0.125. The van der Waals surface area contributed by atoms with E-state index in [0.717, 1.165) is 11.3 Å². The van der Waals surface area contributed by atoms with Crippen LogP contribution in [-0.2, 0) is 24.9 Å².